The summed E-state index contributed by atoms with van der Waals surface area (Å²) in [5.74, 6) is 0.535. The Labute approximate surface area is 73.7 Å². The van der Waals surface area contributed by atoms with Gasteiger partial charge >= 0.3 is 0 Å². The second-order valence-electron chi connectivity index (χ2n) is 5.14. The van der Waals surface area contributed by atoms with Gasteiger partial charge in [0.05, 0.1) is 5.71 Å². The maximum Gasteiger partial charge on any atom is 0.0612 e. The molecule has 0 aromatic carbocycles. The average Bonchev–Trinajstić information content (AvgIpc) is 2.33. The van der Waals surface area contributed by atoms with Crippen LogP contribution in [0.15, 0.2) is 5.16 Å². The zero-order valence-electron chi connectivity index (χ0n) is 8.09. The van der Waals surface area contributed by atoms with Gasteiger partial charge in [-0.25, -0.2) is 0 Å². The van der Waals surface area contributed by atoms with Crippen molar-refractivity contribution >= 4 is 5.71 Å². The highest BCUT2D eigenvalue weighted by molar-refractivity contribution is 5.91. The van der Waals surface area contributed by atoms with E-state index in [4.69, 9.17) is 5.21 Å². The van der Waals surface area contributed by atoms with E-state index in [-0.39, 0.29) is 0 Å². The fraction of sp³-hybridized carbons (Fsp3) is 0.900. The summed E-state index contributed by atoms with van der Waals surface area (Å²) in [7, 11) is 0. The summed E-state index contributed by atoms with van der Waals surface area (Å²) in [6.07, 6.45) is 3.51. The first kappa shape index (κ1) is 8.09. The molecule has 2 fully saturated rings. The Balaban J connectivity index is 2.43. The van der Waals surface area contributed by atoms with Crippen LogP contribution in [0.1, 0.15) is 40.0 Å². The molecular weight excluding hydrogens is 150 g/mol. The summed E-state index contributed by atoms with van der Waals surface area (Å²) in [5.41, 5.74) is 1.77. The van der Waals surface area contributed by atoms with Crippen molar-refractivity contribution < 1.29 is 5.21 Å². The number of nitrogens with zero attached hydrogens (tertiary/aromatic N) is 1. The minimum Gasteiger partial charge on any atom is -0.411 e. The summed E-state index contributed by atoms with van der Waals surface area (Å²) in [6.45, 7) is 6.94. The fourth-order valence-electron chi connectivity index (χ4n) is 3.09. The van der Waals surface area contributed by atoms with Crippen molar-refractivity contribution in [1.29, 1.82) is 0 Å². The molecule has 0 spiro atoms. The Bertz CT molecular complexity index is 241. The largest absolute Gasteiger partial charge is 0.411 e. The van der Waals surface area contributed by atoms with Crippen LogP contribution in [0, 0.1) is 16.7 Å². The highest BCUT2D eigenvalue weighted by atomic mass is 16.4. The van der Waals surface area contributed by atoms with Gasteiger partial charge in [0.1, 0.15) is 0 Å². The van der Waals surface area contributed by atoms with Crippen molar-refractivity contribution in [2.24, 2.45) is 21.9 Å². The van der Waals surface area contributed by atoms with Crippen LogP contribution in [0.5, 0.6) is 0 Å². The van der Waals surface area contributed by atoms with Crippen LogP contribution in [-0.2, 0) is 0 Å². The first-order chi connectivity index (χ1) is 5.51. The van der Waals surface area contributed by atoms with Crippen molar-refractivity contribution in [2.75, 3.05) is 0 Å². The molecule has 2 aliphatic carbocycles. The standard InChI is InChI=1S/C10H17NO/c1-9(2)7-4-5-10(9,3)6-8(7)11-12/h7,12H,4-6H2,1-3H3/b11-8+. The number of hydrogen-bond acceptors (Lipinski definition) is 2. The molecule has 0 amide bonds. The van der Waals surface area contributed by atoms with Gasteiger partial charge in [0.25, 0.3) is 0 Å². The summed E-state index contributed by atoms with van der Waals surface area (Å²) in [6, 6.07) is 0. The van der Waals surface area contributed by atoms with E-state index >= 15 is 0 Å². The van der Waals surface area contributed by atoms with E-state index in [0.717, 1.165) is 12.1 Å². The first-order valence-corrected chi connectivity index (χ1v) is 4.72. The average molecular weight is 167 g/mol. The van der Waals surface area contributed by atoms with Crippen LogP contribution in [0.2, 0.25) is 0 Å². The van der Waals surface area contributed by atoms with E-state index in [0.29, 0.717) is 16.7 Å². The van der Waals surface area contributed by atoms with Gasteiger partial charge in [0, 0.05) is 5.92 Å². The van der Waals surface area contributed by atoms with Gasteiger partial charge in [-0.05, 0) is 30.1 Å². The summed E-state index contributed by atoms with van der Waals surface area (Å²) >= 11 is 0. The molecule has 12 heavy (non-hydrogen) atoms. The van der Waals surface area contributed by atoms with Crippen LogP contribution in [0.4, 0.5) is 0 Å². The summed E-state index contributed by atoms with van der Waals surface area (Å²) in [4.78, 5) is 0. The third-order valence-electron chi connectivity index (χ3n) is 4.51. The zero-order chi connectivity index (χ0) is 8.98. The van der Waals surface area contributed by atoms with Gasteiger partial charge in [-0.15, -0.1) is 0 Å². The lowest BCUT2D eigenvalue weighted by atomic mass is 9.71. The smallest absolute Gasteiger partial charge is 0.0612 e. The molecule has 68 valence electrons. The van der Waals surface area contributed by atoms with Crippen LogP contribution >= 0.6 is 0 Å². The molecule has 0 saturated heterocycles. The molecule has 2 saturated carbocycles. The van der Waals surface area contributed by atoms with Crippen molar-refractivity contribution in [2.45, 2.75) is 40.0 Å². The normalized spacial score (nSPS) is 47.2. The van der Waals surface area contributed by atoms with Gasteiger partial charge in [-0.1, -0.05) is 25.9 Å². The number of fused-ring (bicyclic) bond motifs is 2. The van der Waals surface area contributed by atoms with Gasteiger partial charge in [-0.2, -0.15) is 0 Å². The van der Waals surface area contributed by atoms with Gasteiger partial charge in [-0.3, -0.25) is 0 Å². The molecule has 0 aliphatic heterocycles. The third kappa shape index (κ3) is 0.686. The molecule has 2 atom stereocenters. The van der Waals surface area contributed by atoms with Crippen LogP contribution < -0.4 is 0 Å². The number of hydrogen-bond donors (Lipinski definition) is 1. The van der Waals surface area contributed by atoms with Crippen molar-refractivity contribution in [3.63, 3.8) is 0 Å². The SMILES string of the molecule is CC12CCC(/C(=N/O)C1)C2(C)C. The molecule has 2 heteroatoms. The molecule has 2 aliphatic rings. The minimum absolute atomic E-state index is 0.342. The van der Waals surface area contributed by atoms with Crippen LogP contribution in [0.25, 0.3) is 0 Å². The van der Waals surface area contributed by atoms with E-state index < -0.39 is 0 Å². The quantitative estimate of drug-likeness (QED) is 0.436. The Morgan fingerprint density at radius 3 is 2.33 bits per heavy atom. The third-order valence-corrected chi connectivity index (χ3v) is 4.51. The molecule has 0 aromatic heterocycles. The maximum atomic E-state index is 8.82. The Kier molecular flexibility index (Phi) is 1.37. The van der Waals surface area contributed by atoms with Crippen LogP contribution in [-0.4, -0.2) is 10.9 Å². The minimum atomic E-state index is 0.342. The molecule has 2 bridgehead atoms. The van der Waals surface area contributed by atoms with Crippen molar-refractivity contribution in [3.8, 4) is 0 Å². The predicted octanol–water partition coefficient (Wildman–Crippen LogP) is 2.66. The lowest BCUT2D eigenvalue weighted by Crippen LogP contribution is -2.26. The molecule has 2 nitrogen and oxygen atoms in total. The molecule has 0 radical (unpaired) electrons. The Morgan fingerprint density at radius 1 is 1.42 bits per heavy atom. The molecule has 0 heterocycles. The molecule has 1 N–H and O–H groups in total. The lowest BCUT2D eigenvalue weighted by Gasteiger charge is -2.33. The molecular formula is C10H17NO. The van der Waals surface area contributed by atoms with Gasteiger partial charge < -0.3 is 5.21 Å². The van der Waals surface area contributed by atoms with Gasteiger partial charge in [0.2, 0.25) is 0 Å². The molecule has 0 aromatic rings. The fourth-order valence-corrected chi connectivity index (χ4v) is 3.09. The van der Waals surface area contributed by atoms with Crippen LogP contribution in [0.3, 0.4) is 0 Å². The molecule has 2 rings (SSSR count). The van der Waals surface area contributed by atoms with E-state index in [1.54, 1.807) is 0 Å². The summed E-state index contributed by atoms with van der Waals surface area (Å²) < 4.78 is 0. The predicted molar refractivity (Wildman–Crippen MR) is 48.5 cm³/mol. The van der Waals surface area contributed by atoms with E-state index in [9.17, 15) is 0 Å². The van der Waals surface area contributed by atoms with E-state index in [2.05, 4.69) is 25.9 Å². The van der Waals surface area contributed by atoms with Crippen molar-refractivity contribution in [3.05, 3.63) is 0 Å². The highest BCUT2D eigenvalue weighted by Crippen LogP contribution is 2.64. The highest BCUT2D eigenvalue weighted by Gasteiger charge is 2.59. The number of oxime groups is 1. The monoisotopic (exact) mass is 167 g/mol. The summed E-state index contributed by atoms with van der Waals surface area (Å²) in [5, 5.41) is 12.3. The maximum absolute atomic E-state index is 8.82. The second-order valence-corrected chi connectivity index (χ2v) is 5.14. The number of rotatable bonds is 0. The van der Waals surface area contributed by atoms with Crippen molar-refractivity contribution in [1.82, 2.24) is 0 Å². The first-order valence-electron chi connectivity index (χ1n) is 4.72. The van der Waals surface area contributed by atoms with Gasteiger partial charge in [0.15, 0.2) is 0 Å². The topological polar surface area (TPSA) is 32.6 Å². The van der Waals surface area contributed by atoms with E-state index in [1.807, 2.05) is 0 Å². The zero-order valence-corrected chi connectivity index (χ0v) is 8.09. The lowest BCUT2D eigenvalue weighted by molar-refractivity contribution is 0.152. The second kappa shape index (κ2) is 2.04. The van der Waals surface area contributed by atoms with E-state index in [1.165, 1.54) is 12.8 Å². The molecule has 2 unspecified atom stereocenters. The Morgan fingerprint density at radius 2 is 2.08 bits per heavy atom. The Hall–Kier alpha value is -0.530.